The molecule has 0 aliphatic carbocycles. The maximum Gasteiger partial charge on any atom is 0.258 e. The molecule has 96 valence electrons. The smallest absolute Gasteiger partial charge is 0.258 e. The van der Waals surface area contributed by atoms with Crippen molar-refractivity contribution in [2.45, 2.75) is 19.4 Å². The van der Waals surface area contributed by atoms with Crippen LogP contribution in [-0.4, -0.2) is 11.9 Å². The highest BCUT2D eigenvalue weighted by atomic mass is 127. The summed E-state index contributed by atoms with van der Waals surface area (Å²) in [5.74, 6) is 0.0935. The lowest BCUT2D eigenvalue weighted by molar-refractivity contribution is 0.0981. The molecular formula is C16H14INO. The van der Waals surface area contributed by atoms with E-state index in [4.69, 9.17) is 0 Å². The van der Waals surface area contributed by atoms with Gasteiger partial charge in [-0.15, -0.1) is 0 Å². The first-order valence-corrected chi connectivity index (χ1v) is 7.42. The van der Waals surface area contributed by atoms with Crippen LogP contribution in [0.3, 0.4) is 0 Å². The number of fused-ring (bicyclic) bond motifs is 1. The van der Waals surface area contributed by atoms with Gasteiger partial charge in [-0.1, -0.05) is 24.3 Å². The van der Waals surface area contributed by atoms with Crippen molar-refractivity contribution < 1.29 is 4.79 Å². The lowest BCUT2D eigenvalue weighted by Gasteiger charge is -2.22. The van der Waals surface area contributed by atoms with Crippen molar-refractivity contribution in [1.29, 1.82) is 0 Å². The summed E-state index contributed by atoms with van der Waals surface area (Å²) >= 11 is 2.24. The van der Waals surface area contributed by atoms with Crippen molar-refractivity contribution in [3.8, 4) is 0 Å². The van der Waals surface area contributed by atoms with Crippen LogP contribution < -0.4 is 4.90 Å². The molecule has 0 radical (unpaired) electrons. The van der Waals surface area contributed by atoms with Crippen molar-refractivity contribution in [3.63, 3.8) is 0 Å². The Morgan fingerprint density at radius 3 is 2.79 bits per heavy atom. The number of anilines is 1. The van der Waals surface area contributed by atoms with Gasteiger partial charge in [0.25, 0.3) is 5.91 Å². The average Bonchev–Trinajstić information content (AvgIpc) is 2.74. The normalized spacial score (nSPS) is 17.4. The number of hydrogen-bond acceptors (Lipinski definition) is 1. The van der Waals surface area contributed by atoms with Crippen LogP contribution in [0.4, 0.5) is 5.69 Å². The highest BCUT2D eigenvalue weighted by Gasteiger charge is 2.31. The van der Waals surface area contributed by atoms with Gasteiger partial charge < -0.3 is 4.90 Å². The van der Waals surface area contributed by atoms with Gasteiger partial charge in [-0.3, -0.25) is 4.79 Å². The second-order valence-corrected chi connectivity index (χ2v) is 6.11. The van der Waals surface area contributed by atoms with Crippen LogP contribution in [0, 0.1) is 3.57 Å². The lowest BCUT2D eigenvalue weighted by Crippen LogP contribution is -2.35. The highest BCUT2D eigenvalue weighted by molar-refractivity contribution is 14.1. The zero-order chi connectivity index (χ0) is 13.4. The molecule has 0 aromatic heterocycles. The number of para-hydroxylation sites is 1. The molecule has 0 unspecified atom stereocenters. The summed E-state index contributed by atoms with van der Waals surface area (Å²) in [6, 6.07) is 16.1. The first-order chi connectivity index (χ1) is 9.16. The fourth-order valence-corrected chi connectivity index (χ4v) is 3.18. The Bertz CT molecular complexity index is 638. The minimum Gasteiger partial charge on any atom is -0.305 e. The molecule has 3 rings (SSSR count). The molecule has 0 fully saturated rings. The summed E-state index contributed by atoms with van der Waals surface area (Å²) < 4.78 is 1.09. The highest BCUT2D eigenvalue weighted by Crippen LogP contribution is 2.33. The molecule has 3 heteroatoms. The summed E-state index contributed by atoms with van der Waals surface area (Å²) in [5, 5.41) is 0. The third kappa shape index (κ3) is 2.27. The fourth-order valence-electron chi connectivity index (χ4n) is 2.64. The predicted octanol–water partition coefficient (Wildman–Crippen LogP) is 3.88. The number of halogens is 1. The average molecular weight is 363 g/mol. The molecule has 0 saturated heterocycles. The van der Waals surface area contributed by atoms with Gasteiger partial charge in [-0.25, -0.2) is 0 Å². The van der Waals surface area contributed by atoms with Crippen LogP contribution in [0.15, 0.2) is 48.5 Å². The molecule has 1 aliphatic rings. The van der Waals surface area contributed by atoms with Crippen LogP contribution in [0.1, 0.15) is 22.8 Å². The van der Waals surface area contributed by atoms with E-state index in [0.717, 1.165) is 21.2 Å². The van der Waals surface area contributed by atoms with Gasteiger partial charge in [0.15, 0.2) is 0 Å². The number of rotatable bonds is 1. The minimum absolute atomic E-state index is 0.0935. The van der Waals surface area contributed by atoms with Crippen molar-refractivity contribution in [3.05, 3.63) is 63.2 Å². The van der Waals surface area contributed by atoms with Crippen LogP contribution in [0.2, 0.25) is 0 Å². The molecule has 19 heavy (non-hydrogen) atoms. The van der Waals surface area contributed by atoms with Crippen LogP contribution in [0.25, 0.3) is 0 Å². The van der Waals surface area contributed by atoms with Crippen LogP contribution in [0.5, 0.6) is 0 Å². The first-order valence-electron chi connectivity index (χ1n) is 6.34. The zero-order valence-corrected chi connectivity index (χ0v) is 12.8. The van der Waals surface area contributed by atoms with E-state index in [9.17, 15) is 4.79 Å². The quantitative estimate of drug-likeness (QED) is 0.705. The van der Waals surface area contributed by atoms with Gasteiger partial charge in [-0.05, 0) is 65.8 Å². The van der Waals surface area contributed by atoms with Crippen molar-refractivity contribution in [1.82, 2.24) is 0 Å². The Kier molecular flexibility index (Phi) is 3.31. The second kappa shape index (κ2) is 4.96. The molecular weight excluding hydrogens is 349 g/mol. The Labute approximate surface area is 126 Å². The Morgan fingerprint density at radius 1 is 1.21 bits per heavy atom. The summed E-state index contributed by atoms with van der Waals surface area (Å²) in [5.41, 5.74) is 3.07. The molecule has 1 aliphatic heterocycles. The predicted molar refractivity (Wildman–Crippen MR) is 85.6 cm³/mol. The van der Waals surface area contributed by atoms with Gasteiger partial charge in [0.2, 0.25) is 0 Å². The van der Waals surface area contributed by atoms with E-state index in [-0.39, 0.29) is 11.9 Å². The second-order valence-electron chi connectivity index (χ2n) is 4.87. The fraction of sp³-hybridized carbons (Fsp3) is 0.188. The number of carbonyl (C=O) groups is 1. The summed E-state index contributed by atoms with van der Waals surface area (Å²) in [6.45, 7) is 2.10. The Hall–Kier alpha value is -1.36. The van der Waals surface area contributed by atoms with Crippen molar-refractivity contribution >= 4 is 34.2 Å². The maximum absolute atomic E-state index is 12.7. The van der Waals surface area contributed by atoms with Crippen LogP contribution in [-0.2, 0) is 6.42 Å². The van der Waals surface area contributed by atoms with E-state index in [2.05, 4.69) is 35.6 Å². The van der Waals surface area contributed by atoms with Gasteiger partial charge in [0.05, 0.1) is 0 Å². The molecule has 2 aromatic rings. The monoisotopic (exact) mass is 363 g/mol. The van der Waals surface area contributed by atoms with E-state index >= 15 is 0 Å². The molecule has 1 amide bonds. The molecule has 2 nitrogen and oxygen atoms in total. The largest absolute Gasteiger partial charge is 0.305 e. The minimum atomic E-state index is 0.0935. The third-order valence-electron chi connectivity index (χ3n) is 3.50. The molecule has 0 spiro atoms. The SMILES string of the molecule is C[C@@H]1Cc2ccccc2N1C(=O)c1cccc(I)c1. The third-order valence-corrected chi connectivity index (χ3v) is 4.17. The van der Waals surface area contributed by atoms with Crippen molar-refractivity contribution in [2.75, 3.05) is 4.90 Å². The molecule has 0 saturated carbocycles. The molecule has 0 N–H and O–H groups in total. The summed E-state index contributed by atoms with van der Waals surface area (Å²) in [7, 11) is 0. The Balaban J connectivity index is 2.01. The summed E-state index contributed by atoms with van der Waals surface area (Å²) in [6.07, 6.45) is 0.936. The zero-order valence-electron chi connectivity index (χ0n) is 10.6. The number of hydrogen-bond donors (Lipinski definition) is 0. The summed E-state index contributed by atoms with van der Waals surface area (Å²) in [4.78, 5) is 14.6. The number of benzene rings is 2. The lowest BCUT2D eigenvalue weighted by atomic mass is 10.1. The van der Waals surface area contributed by atoms with Gasteiger partial charge >= 0.3 is 0 Å². The topological polar surface area (TPSA) is 20.3 Å². The first kappa shape index (κ1) is 12.7. The molecule has 0 bridgehead atoms. The van der Waals surface area contributed by atoms with E-state index < -0.39 is 0 Å². The van der Waals surface area contributed by atoms with Crippen LogP contribution >= 0.6 is 22.6 Å². The van der Waals surface area contributed by atoms with E-state index in [1.54, 1.807) is 0 Å². The Morgan fingerprint density at radius 2 is 2.00 bits per heavy atom. The maximum atomic E-state index is 12.7. The van der Waals surface area contributed by atoms with E-state index in [1.807, 2.05) is 47.4 Å². The van der Waals surface area contributed by atoms with Gasteiger partial charge in [-0.2, -0.15) is 0 Å². The van der Waals surface area contributed by atoms with Gasteiger partial charge in [0, 0.05) is 20.9 Å². The van der Waals surface area contributed by atoms with E-state index in [0.29, 0.717) is 0 Å². The number of amides is 1. The molecule has 1 atom stereocenters. The number of carbonyl (C=O) groups excluding carboxylic acids is 1. The van der Waals surface area contributed by atoms with E-state index in [1.165, 1.54) is 5.56 Å². The van der Waals surface area contributed by atoms with Gasteiger partial charge in [0.1, 0.15) is 0 Å². The molecule has 2 aromatic carbocycles. The number of nitrogens with zero attached hydrogens (tertiary/aromatic N) is 1. The standard InChI is InChI=1S/C16H14INO/c1-11-9-12-5-2-3-8-15(12)18(11)16(19)13-6-4-7-14(17)10-13/h2-8,10-11H,9H2,1H3/t11-/m1/s1. The molecule has 1 heterocycles. The van der Waals surface area contributed by atoms with Crippen molar-refractivity contribution in [2.24, 2.45) is 0 Å².